The van der Waals surface area contributed by atoms with Gasteiger partial charge in [-0.15, -0.1) is 0 Å². The lowest BCUT2D eigenvalue weighted by Gasteiger charge is -2.35. The van der Waals surface area contributed by atoms with Crippen molar-refractivity contribution in [3.63, 3.8) is 0 Å². The fourth-order valence-corrected chi connectivity index (χ4v) is 2.98. The molecule has 0 bridgehead atoms. The van der Waals surface area contributed by atoms with Gasteiger partial charge >= 0.3 is 0 Å². The summed E-state index contributed by atoms with van der Waals surface area (Å²) < 4.78 is 0. The zero-order chi connectivity index (χ0) is 12.3. The molecule has 5 heteroatoms. The number of rotatable bonds is 4. The number of hydrogen-bond donors (Lipinski definition) is 1. The minimum Gasteiger partial charge on any atom is -0.391 e. The number of aliphatic hydroxyl groups is 1. The summed E-state index contributed by atoms with van der Waals surface area (Å²) in [6.45, 7) is 10.1. The standard InChI is InChI=1S/C12H21N3OS/c1-10(2)8-14-3-5-15(6-4-14)12-13-7-11(9-16)17-12/h7,10,16H,3-6,8-9H2,1-2H3. The van der Waals surface area contributed by atoms with Gasteiger partial charge in [-0.05, 0) is 5.92 Å². The van der Waals surface area contributed by atoms with E-state index >= 15 is 0 Å². The predicted molar refractivity (Wildman–Crippen MR) is 71.5 cm³/mol. The van der Waals surface area contributed by atoms with Crippen LogP contribution in [0.15, 0.2) is 6.20 Å². The van der Waals surface area contributed by atoms with Crippen LogP contribution < -0.4 is 4.90 Å². The summed E-state index contributed by atoms with van der Waals surface area (Å²) in [5, 5.41) is 10.1. The summed E-state index contributed by atoms with van der Waals surface area (Å²) in [5.41, 5.74) is 0. The number of aliphatic hydroxyl groups excluding tert-OH is 1. The lowest BCUT2D eigenvalue weighted by molar-refractivity contribution is 0.231. The van der Waals surface area contributed by atoms with Crippen molar-refractivity contribution in [1.82, 2.24) is 9.88 Å². The molecule has 4 nitrogen and oxygen atoms in total. The molecule has 1 N–H and O–H groups in total. The Labute approximate surface area is 107 Å². The Hall–Kier alpha value is -0.650. The summed E-state index contributed by atoms with van der Waals surface area (Å²) in [7, 11) is 0. The average molecular weight is 255 g/mol. The molecule has 0 unspecified atom stereocenters. The van der Waals surface area contributed by atoms with Gasteiger partial charge in [0.25, 0.3) is 0 Å². The topological polar surface area (TPSA) is 39.6 Å². The molecule has 1 fully saturated rings. The Morgan fingerprint density at radius 2 is 2.06 bits per heavy atom. The SMILES string of the molecule is CC(C)CN1CCN(c2ncc(CO)s2)CC1. The van der Waals surface area contributed by atoms with Gasteiger partial charge in [-0.2, -0.15) is 0 Å². The fourth-order valence-electron chi connectivity index (χ4n) is 2.15. The van der Waals surface area contributed by atoms with E-state index in [0.717, 1.165) is 42.1 Å². The zero-order valence-corrected chi connectivity index (χ0v) is 11.4. The predicted octanol–water partition coefficient (Wildman–Crippen LogP) is 1.41. The Morgan fingerprint density at radius 1 is 1.35 bits per heavy atom. The van der Waals surface area contributed by atoms with Crippen LogP contribution in [0.1, 0.15) is 18.7 Å². The van der Waals surface area contributed by atoms with Crippen molar-refractivity contribution in [1.29, 1.82) is 0 Å². The highest BCUT2D eigenvalue weighted by Gasteiger charge is 2.19. The number of piperazine rings is 1. The van der Waals surface area contributed by atoms with Crippen molar-refractivity contribution in [3.8, 4) is 0 Å². The molecule has 2 heterocycles. The molecule has 96 valence electrons. The van der Waals surface area contributed by atoms with E-state index in [1.807, 2.05) is 0 Å². The van der Waals surface area contributed by atoms with Crippen molar-refractivity contribution >= 4 is 16.5 Å². The smallest absolute Gasteiger partial charge is 0.185 e. The number of aromatic nitrogens is 1. The minimum atomic E-state index is 0.102. The zero-order valence-electron chi connectivity index (χ0n) is 10.6. The van der Waals surface area contributed by atoms with Crippen LogP contribution >= 0.6 is 11.3 Å². The monoisotopic (exact) mass is 255 g/mol. The minimum absolute atomic E-state index is 0.102. The third kappa shape index (κ3) is 3.40. The molecule has 0 radical (unpaired) electrons. The third-order valence-electron chi connectivity index (χ3n) is 2.96. The maximum Gasteiger partial charge on any atom is 0.185 e. The van der Waals surface area contributed by atoms with Crippen molar-refractivity contribution in [2.24, 2.45) is 5.92 Å². The van der Waals surface area contributed by atoms with Crippen LogP contribution in [0.2, 0.25) is 0 Å². The normalized spacial score (nSPS) is 18.0. The molecule has 1 aromatic heterocycles. The molecule has 2 rings (SSSR count). The van der Waals surface area contributed by atoms with E-state index < -0.39 is 0 Å². The van der Waals surface area contributed by atoms with Crippen molar-refractivity contribution in [2.75, 3.05) is 37.6 Å². The maximum absolute atomic E-state index is 9.03. The van der Waals surface area contributed by atoms with Crippen LogP contribution in [0.3, 0.4) is 0 Å². The lowest BCUT2D eigenvalue weighted by atomic mass is 10.2. The van der Waals surface area contributed by atoms with Crippen LogP contribution in [0.5, 0.6) is 0 Å². The van der Waals surface area contributed by atoms with Gasteiger partial charge in [-0.25, -0.2) is 4.98 Å². The molecule has 0 saturated carbocycles. The second-order valence-corrected chi connectivity index (χ2v) is 6.04. The average Bonchev–Trinajstić information content (AvgIpc) is 2.78. The molecule has 0 aromatic carbocycles. The first-order valence-electron chi connectivity index (χ1n) is 6.22. The van der Waals surface area contributed by atoms with E-state index in [9.17, 15) is 0 Å². The molecule has 1 saturated heterocycles. The molecule has 17 heavy (non-hydrogen) atoms. The van der Waals surface area contributed by atoms with Crippen LogP contribution in [-0.4, -0.2) is 47.7 Å². The number of hydrogen-bond acceptors (Lipinski definition) is 5. The fraction of sp³-hybridized carbons (Fsp3) is 0.750. The van der Waals surface area contributed by atoms with Gasteiger partial charge in [0.15, 0.2) is 5.13 Å². The first-order chi connectivity index (χ1) is 8.19. The number of nitrogens with zero attached hydrogens (tertiary/aromatic N) is 3. The first kappa shape index (κ1) is 12.8. The van der Waals surface area contributed by atoms with E-state index in [2.05, 4.69) is 28.6 Å². The summed E-state index contributed by atoms with van der Waals surface area (Å²) >= 11 is 1.60. The molecule has 0 spiro atoms. The molecular formula is C12H21N3OS. The molecule has 0 amide bonds. The molecule has 0 atom stereocenters. The van der Waals surface area contributed by atoms with Gasteiger partial charge in [-0.1, -0.05) is 25.2 Å². The van der Waals surface area contributed by atoms with E-state index in [1.54, 1.807) is 17.5 Å². The maximum atomic E-state index is 9.03. The van der Waals surface area contributed by atoms with E-state index in [-0.39, 0.29) is 6.61 Å². The van der Waals surface area contributed by atoms with Crippen LogP contribution in [0.4, 0.5) is 5.13 Å². The summed E-state index contributed by atoms with van der Waals surface area (Å²) in [4.78, 5) is 10.1. The van der Waals surface area contributed by atoms with Crippen LogP contribution in [0, 0.1) is 5.92 Å². The van der Waals surface area contributed by atoms with Crippen molar-refractivity contribution in [3.05, 3.63) is 11.1 Å². The Kier molecular flexibility index (Phi) is 4.36. The largest absolute Gasteiger partial charge is 0.391 e. The highest BCUT2D eigenvalue weighted by atomic mass is 32.1. The van der Waals surface area contributed by atoms with Gasteiger partial charge in [-0.3, -0.25) is 4.90 Å². The highest BCUT2D eigenvalue weighted by molar-refractivity contribution is 7.15. The van der Waals surface area contributed by atoms with Gasteiger partial charge in [0, 0.05) is 38.9 Å². The summed E-state index contributed by atoms with van der Waals surface area (Å²) in [5.74, 6) is 0.738. The van der Waals surface area contributed by atoms with Crippen LogP contribution in [-0.2, 0) is 6.61 Å². The van der Waals surface area contributed by atoms with E-state index in [1.165, 1.54) is 6.54 Å². The lowest BCUT2D eigenvalue weighted by Crippen LogP contribution is -2.47. The Balaban J connectivity index is 1.86. The van der Waals surface area contributed by atoms with Gasteiger partial charge in [0.1, 0.15) is 0 Å². The van der Waals surface area contributed by atoms with E-state index in [0.29, 0.717) is 0 Å². The Bertz CT molecular complexity index is 345. The first-order valence-corrected chi connectivity index (χ1v) is 7.03. The van der Waals surface area contributed by atoms with Gasteiger partial charge in [0.05, 0.1) is 11.5 Å². The molecular weight excluding hydrogens is 234 g/mol. The second kappa shape index (κ2) is 5.80. The number of thiazole rings is 1. The molecule has 0 aliphatic carbocycles. The second-order valence-electron chi connectivity index (χ2n) is 4.95. The molecule has 1 aromatic rings. The van der Waals surface area contributed by atoms with Gasteiger partial charge < -0.3 is 10.0 Å². The van der Waals surface area contributed by atoms with Crippen molar-refractivity contribution < 1.29 is 5.11 Å². The van der Waals surface area contributed by atoms with Crippen molar-refractivity contribution in [2.45, 2.75) is 20.5 Å². The van der Waals surface area contributed by atoms with E-state index in [4.69, 9.17) is 5.11 Å². The molecule has 1 aliphatic heterocycles. The third-order valence-corrected chi connectivity index (χ3v) is 4.01. The summed E-state index contributed by atoms with van der Waals surface area (Å²) in [6, 6.07) is 0. The highest BCUT2D eigenvalue weighted by Crippen LogP contribution is 2.23. The van der Waals surface area contributed by atoms with Gasteiger partial charge in [0.2, 0.25) is 0 Å². The Morgan fingerprint density at radius 3 is 2.59 bits per heavy atom. The van der Waals surface area contributed by atoms with Crippen LogP contribution in [0.25, 0.3) is 0 Å². The summed E-state index contributed by atoms with van der Waals surface area (Å²) in [6.07, 6.45) is 1.78. The molecule has 1 aliphatic rings. The number of anilines is 1. The quantitative estimate of drug-likeness (QED) is 0.883.